The van der Waals surface area contributed by atoms with Gasteiger partial charge in [-0.15, -0.1) is 0 Å². The molecule has 0 fully saturated rings. The molecule has 1 atom stereocenters. The number of anilines is 1. The van der Waals surface area contributed by atoms with Crippen molar-refractivity contribution in [1.82, 2.24) is 5.32 Å². The zero-order valence-electron chi connectivity index (χ0n) is 10.3. The molecule has 0 unspecified atom stereocenters. The number of hydrogen-bond acceptors (Lipinski definition) is 2. The van der Waals surface area contributed by atoms with Gasteiger partial charge in [0, 0.05) is 19.8 Å². The van der Waals surface area contributed by atoms with Crippen molar-refractivity contribution in [1.29, 1.82) is 0 Å². The van der Waals surface area contributed by atoms with E-state index in [9.17, 15) is 9.59 Å². The zero-order chi connectivity index (χ0) is 12.6. The van der Waals surface area contributed by atoms with Gasteiger partial charge in [-0.2, -0.15) is 0 Å². The predicted molar refractivity (Wildman–Crippen MR) is 65.7 cm³/mol. The molecule has 0 aliphatic carbocycles. The summed E-state index contributed by atoms with van der Waals surface area (Å²) < 4.78 is 0. The predicted octanol–water partition coefficient (Wildman–Crippen LogP) is 0.958. The zero-order valence-corrected chi connectivity index (χ0v) is 10.3. The van der Waals surface area contributed by atoms with Crippen molar-refractivity contribution in [3.05, 3.63) is 29.8 Å². The molecule has 17 heavy (non-hydrogen) atoms. The second-order valence-electron chi connectivity index (χ2n) is 4.58. The number of carbonyl (C=O) groups is 2. The molecule has 1 aromatic rings. The molecule has 1 aliphatic heterocycles. The van der Waals surface area contributed by atoms with Gasteiger partial charge in [0.2, 0.25) is 11.8 Å². The normalized spacial score (nSPS) is 23.2. The summed E-state index contributed by atoms with van der Waals surface area (Å²) in [5, 5.41) is 2.57. The van der Waals surface area contributed by atoms with E-state index in [1.54, 1.807) is 25.9 Å². The van der Waals surface area contributed by atoms with Crippen LogP contribution in [0.25, 0.3) is 0 Å². The Morgan fingerprint density at radius 2 is 2.06 bits per heavy atom. The minimum atomic E-state index is -1.00. The quantitative estimate of drug-likeness (QED) is 0.733. The van der Waals surface area contributed by atoms with Gasteiger partial charge >= 0.3 is 0 Å². The number of fused-ring (bicyclic) bond motifs is 1. The first-order valence-corrected chi connectivity index (χ1v) is 5.59. The Labute approximate surface area is 101 Å². The number of nitrogens with zero attached hydrogens (tertiary/aromatic N) is 1. The molecule has 1 aliphatic rings. The average molecular weight is 232 g/mol. The van der Waals surface area contributed by atoms with Crippen LogP contribution in [0.3, 0.4) is 0 Å². The third kappa shape index (κ3) is 1.60. The maximum absolute atomic E-state index is 12.3. The summed E-state index contributed by atoms with van der Waals surface area (Å²) in [4.78, 5) is 25.7. The maximum Gasteiger partial charge on any atom is 0.242 e. The molecule has 0 radical (unpaired) electrons. The lowest BCUT2D eigenvalue weighted by atomic mass is 9.78. The molecule has 0 saturated carbocycles. The molecule has 0 spiro atoms. The van der Waals surface area contributed by atoms with E-state index in [0.29, 0.717) is 6.42 Å². The van der Waals surface area contributed by atoms with Gasteiger partial charge in [0.1, 0.15) is 5.41 Å². The molecule has 0 bridgehead atoms. The fourth-order valence-electron chi connectivity index (χ4n) is 2.38. The Kier molecular flexibility index (Phi) is 2.65. The van der Waals surface area contributed by atoms with Gasteiger partial charge in [0.25, 0.3) is 0 Å². The summed E-state index contributed by atoms with van der Waals surface area (Å²) in [6.45, 7) is 1.70. The summed E-state index contributed by atoms with van der Waals surface area (Å²) in [5.74, 6) is -0.389. The molecular weight excluding hydrogens is 216 g/mol. The molecule has 0 saturated heterocycles. The maximum atomic E-state index is 12.3. The van der Waals surface area contributed by atoms with E-state index >= 15 is 0 Å². The summed E-state index contributed by atoms with van der Waals surface area (Å²) in [6, 6.07) is 7.67. The summed E-state index contributed by atoms with van der Waals surface area (Å²) in [7, 11) is 3.27. The van der Waals surface area contributed by atoms with Crippen molar-refractivity contribution in [3.8, 4) is 0 Å². The minimum absolute atomic E-state index is 0.157. The Balaban J connectivity index is 2.51. The van der Waals surface area contributed by atoms with Crippen molar-refractivity contribution in [3.63, 3.8) is 0 Å². The van der Waals surface area contributed by atoms with Crippen LogP contribution in [0, 0.1) is 5.41 Å². The van der Waals surface area contributed by atoms with Crippen LogP contribution in [0.15, 0.2) is 24.3 Å². The Bertz CT molecular complexity index is 484. The highest BCUT2D eigenvalue weighted by Crippen LogP contribution is 2.36. The number of benzene rings is 1. The summed E-state index contributed by atoms with van der Waals surface area (Å²) >= 11 is 0. The smallest absolute Gasteiger partial charge is 0.242 e. The van der Waals surface area contributed by atoms with Crippen LogP contribution in [0.5, 0.6) is 0 Å². The van der Waals surface area contributed by atoms with Crippen LogP contribution in [0.1, 0.15) is 12.5 Å². The van der Waals surface area contributed by atoms with Gasteiger partial charge in [-0.1, -0.05) is 18.2 Å². The van der Waals surface area contributed by atoms with Crippen LogP contribution in [0.2, 0.25) is 0 Å². The van der Waals surface area contributed by atoms with E-state index in [1.807, 2.05) is 24.3 Å². The molecule has 2 amide bonds. The number of para-hydroxylation sites is 1. The monoisotopic (exact) mass is 232 g/mol. The molecule has 4 nitrogen and oxygen atoms in total. The molecular formula is C13H16N2O2. The molecule has 2 rings (SSSR count). The van der Waals surface area contributed by atoms with Gasteiger partial charge < -0.3 is 10.2 Å². The first-order chi connectivity index (χ1) is 8.00. The highest BCUT2D eigenvalue weighted by Gasteiger charge is 2.46. The fourth-order valence-corrected chi connectivity index (χ4v) is 2.38. The highest BCUT2D eigenvalue weighted by atomic mass is 16.2. The fraction of sp³-hybridized carbons (Fsp3) is 0.385. The second-order valence-corrected chi connectivity index (χ2v) is 4.58. The van der Waals surface area contributed by atoms with Gasteiger partial charge in [-0.25, -0.2) is 0 Å². The van der Waals surface area contributed by atoms with Gasteiger partial charge in [-0.3, -0.25) is 9.59 Å². The third-order valence-electron chi connectivity index (χ3n) is 3.40. The highest BCUT2D eigenvalue weighted by molar-refractivity contribution is 6.13. The van der Waals surface area contributed by atoms with Crippen LogP contribution < -0.4 is 10.2 Å². The van der Waals surface area contributed by atoms with Gasteiger partial charge in [0.05, 0.1) is 0 Å². The number of carbonyl (C=O) groups excluding carboxylic acids is 2. The standard InChI is InChI=1S/C13H16N2O2/c1-13(11(16)14-2)8-9-6-4-5-7-10(9)15(3)12(13)17/h4-7H,8H2,1-3H3,(H,14,16)/t13-/m0/s1. The van der Waals surface area contributed by atoms with Crippen molar-refractivity contribution >= 4 is 17.5 Å². The van der Waals surface area contributed by atoms with Crippen molar-refractivity contribution in [2.45, 2.75) is 13.3 Å². The third-order valence-corrected chi connectivity index (χ3v) is 3.40. The Morgan fingerprint density at radius 1 is 1.41 bits per heavy atom. The van der Waals surface area contributed by atoms with E-state index < -0.39 is 5.41 Å². The average Bonchev–Trinajstić information content (AvgIpc) is 2.35. The number of hydrogen-bond donors (Lipinski definition) is 1. The molecule has 90 valence electrons. The minimum Gasteiger partial charge on any atom is -0.358 e. The number of rotatable bonds is 1. The molecule has 1 N–H and O–H groups in total. The molecule has 1 aromatic carbocycles. The van der Waals surface area contributed by atoms with Crippen molar-refractivity contribution in [2.24, 2.45) is 5.41 Å². The first-order valence-electron chi connectivity index (χ1n) is 5.59. The van der Waals surface area contributed by atoms with E-state index in [0.717, 1.165) is 11.3 Å². The molecule has 1 heterocycles. The lowest BCUT2D eigenvalue weighted by Gasteiger charge is -2.37. The number of amides is 2. The van der Waals surface area contributed by atoms with E-state index in [4.69, 9.17) is 0 Å². The second kappa shape index (κ2) is 3.87. The Morgan fingerprint density at radius 3 is 2.71 bits per heavy atom. The van der Waals surface area contributed by atoms with Gasteiger partial charge in [-0.05, 0) is 25.0 Å². The lowest BCUT2D eigenvalue weighted by Crippen LogP contribution is -2.53. The summed E-state index contributed by atoms with van der Waals surface area (Å²) in [5.41, 5.74) is 0.914. The molecule has 4 heteroatoms. The van der Waals surface area contributed by atoms with Crippen molar-refractivity contribution < 1.29 is 9.59 Å². The topological polar surface area (TPSA) is 49.4 Å². The largest absolute Gasteiger partial charge is 0.358 e. The van der Waals surface area contributed by atoms with Crippen LogP contribution in [0.4, 0.5) is 5.69 Å². The van der Waals surface area contributed by atoms with Crippen LogP contribution in [-0.4, -0.2) is 25.9 Å². The SMILES string of the molecule is CNC(=O)[C@]1(C)Cc2ccccc2N(C)C1=O. The van der Waals surface area contributed by atoms with Crippen LogP contribution >= 0.6 is 0 Å². The van der Waals surface area contributed by atoms with E-state index in [1.165, 1.54) is 0 Å². The van der Waals surface area contributed by atoms with Crippen LogP contribution in [-0.2, 0) is 16.0 Å². The van der Waals surface area contributed by atoms with E-state index in [2.05, 4.69) is 5.32 Å². The van der Waals surface area contributed by atoms with Gasteiger partial charge in [0.15, 0.2) is 0 Å². The molecule has 0 aromatic heterocycles. The summed E-state index contributed by atoms with van der Waals surface area (Å²) in [6.07, 6.45) is 0.450. The lowest BCUT2D eigenvalue weighted by molar-refractivity contribution is -0.140. The number of nitrogens with one attached hydrogen (secondary N) is 1. The van der Waals surface area contributed by atoms with E-state index in [-0.39, 0.29) is 11.8 Å². The Hall–Kier alpha value is -1.84. The first kappa shape index (κ1) is 11.6. The van der Waals surface area contributed by atoms with Crippen molar-refractivity contribution in [2.75, 3.05) is 19.0 Å².